The number of aryl methyl sites for hydroxylation is 1. The molecule has 21 heavy (non-hydrogen) atoms. The van der Waals surface area contributed by atoms with Gasteiger partial charge in [0.15, 0.2) is 0 Å². The van der Waals surface area contributed by atoms with Crippen LogP contribution in [0.15, 0.2) is 38.2 Å². The number of nitrogens with zero attached hydrogens (tertiary/aromatic N) is 1. The molecule has 8 heteroatoms. The number of benzene rings is 1. The lowest BCUT2D eigenvalue weighted by molar-refractivity contribution is 0.411. The smallest absolute Gasteiger partial charge is 0.241 e. The molecule has 0 amide bonds. The third-order valence-corrected chi connectivity index (χ3v) is 4.82. The molecule has 0 radical (unpaired) electrons. The Kier molecular flexibility index (Phi) is 5.02. The summed E-state index contributed by atoms with van der Waals surface area (Å²) < 4.78 is 37.8. The Balaban J connectivity index is 2.12. The van der Waals surface area contributed by atoms with Gasteiger partial charge in [-0.1, -0.05) is 6.92 Å². The molecule has 2 aromatic rings. The van der Waals surface area contributed by atoms with E-state index in [1.54, 1.807) is 12.3 Å². The Morgan fingerprint density at radius 2 is 2.19 bits per heavy atom. The second-order valence-corrected chi connectivity index (χ2v) is 6.82. The van der Waals surface area contributed by atoms with Gasteiger partial charge in [0.25, 0.3) is 0 Å². The number of hydrogen-bond acceptors (Lipinski definition) is 5. The molecule has 0 aliphatic carbocycles. The molecule has 2 rings (SSSR count). The maximum atomic E-state index is 12.2. The van der Waals surface area contributed by atoms with Crippen molar-refractivity contribution in [3.05, 3.63) is 40.5 Å². The Bertz CT molecular complexity index is 728. The summed E-state index contributed by atoms with van der Waals surface area (Å²) in [7, 11) is -2.12. The highest BCUT2D eigenvalue weighted by Crippen LogP contribution is 2.27. The van der Waals surface area contributed by atoms with Crippen LogP contribution in [-0.2, 0) is 23.0 Å². The first kappa shape index (κ1) is 16.0. The van der Waals surface area contributed by atoms with Gasteiger partial charge in [-0.25, -0.2) is 18.1 Å². The summed E-state index contributed by atoms with van der Waals surface area (Å²) in [5, 5.41) is 0. The maximum absolute atomic E-state index is 12.2. The van der Waals surface area contributed by atoms with Gasteiger partial charge in [0, 0.05) is 6.42 Å². The zero-order chi connectivity index (χ0) is 15.5. The minimum absolute atomic E-state index is 0.00593. The minimum Gasteiger partial charge on any atom is -0.496 e. The third kappa shape index (κ3) is 3.84. The summed E-state index contributed by atoms with van der Waals surface area (Å²) in [6.07, 6.45) is 2.30. The molecule has 0 aliphatic rings. The SMILES string of the molecule is CCc1cnc(CNS(=O)(=O)c2ccc(OC)c(Br)c2)o1. The van der Waals surface area contributed by atoms with Crippen LogP contribution >= 0.6 is 15.9 Å². The molecule has 1 heterocycles. The average Bonchev–Trinajstić information content (AvgIpc) is 2.93. The number of methoxy groups -OCH3 is 1. The minimum atomic E-state index is -3.64. The molecule has 0 atom stereocenters. The fourth-order valence-electron chi connectivity index (χ4n) is 1.65. The number of aromatic nitrogens is 1. The van der Waals surface area contributed by atoms with E-state index in [-0.39, 0.29) is 11.4 Å². The van der Waals surface area contributed by atoms with Crippen LogP contribution < -0.4 is 9.46 Å². The molecule has 0 spiro atoms. The quantitative estimate of drug-likeness (QED) is 0.839. The fraction of sp³-hybridized carbons (Fsp3) is 0.308. The predicted octanol–water partition coefficient (Wildman–Crippen LogP) is 2.49. The van der Waals surface area contributed by atoms with Gasteiger partial charge in [-0.3, -0.25) is 0 Å². The maximum Gasteiger partial charge on any atom is 0.241 e. The summed E-state index contributed by atoms with van der Waals surface area (Å²) in [4.78, 5) is 4.14. The second kappa shape index (κ2) is 6.59. The van der Waals surface area contributed by atoms with E-state index in [2.05, 4.69) is 25.6 Å². The van der Waals surface area contributed by atoms with Crippen LogP contribution in [0.1, 0.15) is 18.6 Å². The highest BCUT2D eigenvalue weighted by molar-refractivity contribution is 9.10. The lowest BCUT2D eigenvalue weighted by Gasteiger charge is -2.08. The summed E-state index contributed by atoms with van der Waals surface area (Å²) >= 11 is 3.26. The van der Waals surface area contributed by atoms with Crippen molar-refractivity contribution in [2.24, 2.45) is 0 Å². The molecular formula is C13H15BrN2O4S. The molecule has 114 valence electrons. The second-order valence-electron chi connectivity index (χ2n) is 4.19. The molecule has 0 saturated carbocycles. The normalized spacial score (nSPS) is 11.6. The molecule has 1 aromatic carbocycles. The lowest BCUT2D eigenvalue weighted by atomic mass is 10.3. The van der Waals surface area contributed by atoms with Crippen LogP contribution in [0, 0.1) is 0 Å². The predicted molar refractivity (Wildman–Crippen MR) is 80.6 cm³/mol. The van der Waals surface area contributed by atoms with Crippen molar-refractivity contribution in [3.8, 4) is 5.75 Å². The Hall–Kier alpha value is -1.38. The van der Waals surface area contributed by atoms with E-state index in [0.717, 1.165) is 5.76 Å². The number of nitrogens with one attached hydrogen (secondary N) is 1. The number of halogens is 1. The molecule has 1 N–H and O–H groups in total. The van der Waals surface area contributed by atoms with E-state index in [9.17, 15) is 8.42 Å². The van der Waals surface area contributed by atoms with Crippen LogP contribution in [0.2, 0.25) is 0 Å². The molecule has 0 bridgehead atoms. The zero-order valence-electron chi connectivity index (χ0n) is 11.6. The molecule has 0 saturated heterocycles. The Morgan fingerprint density at radius 3 is 2.76 bits per heavy atom. The molecule has 6 nitrogen and oxygen atoms in total. The number of oxazole rings is 1. The first-order valence-corrected chi connectivity index (χ1v) is 8.50. The standard InChI is InChI=1S/C13H15BrN2O4S/c1-3-9-7-15-13(20-9)8-16-21(17,18)10-4-5-12(19-2)11(14)6-10/h4-7,16H,3,8H2,1-2H3. The molecule has 0 unspecified atom stereocenters. The molecular weight excluding hydrogens is 360 g/mol. The van der Waals surface area contributed by atoms with Gasteiger partial charge < -0.3 is 9.15 Å². The van der Waals surface area contributed by atoms with E-state index in [0.29, 0.717) is 22.5 Å². The van der Waals surface area contributed by atoms with E-state index < -0.39 is 10.0 Å². The lowest BCUT2D eigenvalue weighted by Crippen LogP contribution is -2.23. The van der Waals surface area contributed by atoms with Crippen molar-refractivity contribution in [1.29, 1.82) is 0 Å². The molecule has 0 fully saturated rings. The number of hydrogen-bond donors (Lipinski definition) is 1. The van der Waals surface area contributed by atoms with Crippen molar-refractivity contribution in [2.45, 2.75) is 24.8 Å². The highest BCUT2D eigenvalue weighted by Gasteiger charge is 2.16. The Morgan fingerprint density at radius 1 is 1.43 bits per heavy atom. The van der Waals surface area contributed by atoms with Crippen LogP contribution in [0.25, 0.3) is 0 Å². The van der Waals surface area contributed by atoms with E-state index in [4.69, 9.17) is 9.15 Å². The largest absolute Gasteiger partial charge is 0.496 e. The Labute approximate surface area is 131 Å². The van der Waals surface area contributed by atoms with Crippen molar-refractivity contribution < 1.29 is 17.6 Å². The van der Waals surface area contributed by atoms with Gasteiger partial charge >= 0.3 is 0 Å². The van der Waals surface area contributed by atoms with Crippen molar-refractivity contribution in [2.75, 3.05) is 7.11 Å². The van der Waals surface area contributed by atoms with Gasteiger partial charge in [-0.05, 0) is 34.1 Å². The van der Waals surface area contributed by atoms with Crippen LogP contribution in [-0.4, -0.2) is 20.5 Å². The topological polar surface area (TPSA) is 81.4 Å². The highest BCUT2D eigenvalue weighted by atomic mass is 79.9. The summed E-state index contributed by atoms with van der Waals surface area (Å²) in [5.41, 5.74) is 0. The van der Waals surface area contributed by atoms with Crippen LogP contribution in [0.4, 0.5) is 0 Å². The number of ether oxygens (including phenoxy) is 1. The molecule has 0 aliphatic heterocycles. The first-order chi connectivity index (χ1) is 9.96. The van der Waals surface area contributed by atoms with E-state index in [1.807, 2.05) is 6.92 Å². The van der Waals surface area contributed by atoms with Crippen molar-refractivity contribution >= 4 is 26.0 Å². The van der Waals surface area contributed by atoms with Gasteiger partial charge in [0.1, 0.15) is 11.5 Å². The fourth-order valence-corrected chi connectivity index (χ4v) is 3.34. The zero-order valence-corrected chi connectivity index (χ0v) is 14.0. The van der Waals surface area contributed by atoms with Crippen molar-refractivity contribution in [3.63, 3.8) is 0 Å². The first-order valence-electron chi connectivity index (χ1n) is 6.23. The monoisotopic (exact) mass is 374 g/mol. The average molecular weight is 375 g/mol. The third-order valence-electron chi connectivity index (χ3n) is 2.80. The van der Waals surface area contributed by atoms with Crippen LogP contribution in [0.5, 0.6) is 5.75 Å². The summed E-state index contributed by atoms with van der Waals surface area (Å²) in [6, 6.07) is 4.53. The number of rotatable bonds is 6. The van der Waals surface area contributed by atoms with Gasteiger partial charge in [-0.2, -0.15) is 0 Å². The van der Waals surface area contributed by atoms with Crippen LogP contribution in [0.3, 0.4) is 0 Å². The van der Waals surface area contributed by atoms with E-state index >= 15 is 0 Å². The number of sulfonamides is 1. The molecule has 1 aromatic heterocycles. The van der Waals surface area contributed by atoms with Crippen molar-refractivity contribution in [1.82, 2.24) is 9.71 Å². The van der Waals surface area contributed by atoms with Gasteiger partial charge in [0.05, 0.1) is 29.2 Å². The summed E-state index contributed by atoms with van der Waals surface area (Å²) in [6.45, 7) is 1.94. The van der Waals surface area contributed by atoms with E-state index in [1.165, 1.54) is 19.2 Å². The summed E-state index contributed by atoms with van der Waals surface area (Å²) in [5.74, 6) is 1.62. The van der Waals surface area contributed by atoms with Gasteiger partial charge in [0.2, 0.25) is 15.9 Å². The van der Waals surface area contributed by atoms with Gasteiger partial charge in [-0.15, -0.1) is 0 Å².